The van der Waals surface area contributed by atoms with E-state index in [1.54, 1.807) is 0 Å². The molecule has 0 saturated heterocycles. The minimum Gasteiger partial charge on any atom is -0.335 e. The van der Waals surface area contributed by atoms with Crippen LogP contribution in [0.3, 0.4) is 0 Å². The summed E-state index contributed by atoms with van der Waals surface area (Å²) in [5.41, 5.74) is 1.30. The fourth-order valence-electron chi connectivity index (χ4n) is 1.94. The minimum atomic E-state index is -3.27. The van der Waals surface area contributed by atoms with Gasteiger partial charge < -0.3 is 10.7 Å². The van der Waals surface area contributed by atoms with Gasteiger partial charge in [-0.1, -0.05) is 11.8 Å². The highest BCUT2D eigenvalue weighted by Gasteiger charge is 2.30. The highest BCUT2D eigenvalue weighted by atomic mass is 32.1. The number of amides is 2. The number of hydroxylamine groups is 1. The van der Waals surface area contributed by atoms with Crippen molar-refractivity contribution >= 4 is 28.9 Å². The van der Waals surface area contributed by atoms with Crippen LogP contribution in [0.25, 0.3) is 0 Å². The molecule has 0 fully saturated rings. The van der Waals surface area contributed by atoms with Crippen LogP contribution in [0.1, 0.15) is 21.5 Å². The second-order valence-electron chi connectivity index (χ2n) is 5.23. The zero-order valence-electron chi connectivity index (χ0n) is 14.1. The van der Waals surface area contributed by atoms with Crippen molar-refractivity contribution in [3.8, 4) is 23.7 Å². The predicted molar refractivity (Wildman–Crippen MR) is 99.4 cm³/mol. The summed E-state index contributed by atoms with van der Waals surface area (Å²) in [6.45, 7) is 0. The molecular formula is C19H13F2N3O3S. The Labute approximate surface area is 163 Å². The summed E-state index contributed by atoms with van der Waals surface area (Å²) in [6, 6.07) is 5.67. The normalized spacial score (nSPS) is 10.7. The minimum absolute atomic E-state index is 0.0627. The first-order chi connectivity index (χ1) is 13.4. The Morgan fingerprint density at radius 3 is 2.25 bits per heavy atom. The highest BCUT2D eigenvalue weighted by molar-refractivity contribution is 7.08. The molecule has 9 heteroatoms. The van der Waals surface area contributed by atoms with Crippen molar-refractivity contribution in [2.24, 2.45) is 0 Å². The van der Waals surface area contributed by atoms with Gasteiger partial charge in [0.25, 0.3) is 18.2 Å². The number of hydrogen-bond donors (Lipinski definition) is 4. The van der Waals surface area contributed by atoms with Crippen LogP contribution in [-0.2, 0) is 4.79 Å². The van der Waals surface area contributed by atoms with Gasteiger partial charge in [0.15, 0.2) is 6.04 Å². The van der Waals surface area contributed by atoms with Gasteiger partial charge in [0, 0.05) is 22.1 Å². The highest BCUT2D eigenvalue weighted by Crippen LogP contribution is 2.06. The molecule has 28 heavy (non-hydrogen) atoms. The van der Waals surface area contributed by atoms with Crippen molar-refractivity contribution in [3.05, 3.63) is 57.8 Å². The van der Waals surface area contributed by atoms with Crippen molar-refractivity contribution < 1.29 is 23.6 Å². The fourth-order valence-corrected chi connectivity index (χ4v) is 2.52. The van der Waals surface area contributed by atoms with Crippen molar-refractivity contribution in [2.45, 2.75) is 12.5 Å². The van der Waals surface area contributed by atoms with Crippen molar-refractivity contribution in [3.63, 3.8) is 0 Å². The molecule has 4 N–H and O–H groups in total. The molecule has 142 valence electrons. The topological polar surface area (TPSA) is 102 Å². The van der Waals surface area contributed by atoms with Crippen LogP contribution in [0.15, 0.2) is 41.1 Å². The lowest BCUT2D eigenvalue weighted by Crippen LogP contribution is -2.52. The maximum atomic E-state index is 12.7. The number of benzene rings is 1. The second-order valence-corrected chi connectivity index (χ2v) is 6.01. The van der Waals surface area contributed by atoms with Crippen LogP contribution >= 0.6 is 11.3 Å². The number of carbonyl (C=O) groups is 2. The van der Waals surface area contributed by atoms with E-state index < -0.39 is 30.0 Å². The molecule has 1 aromatic heterocycles. The fraction of sp³-hybridized carbons (Fsp3) is 0.105. The van der Waals surface area contributed by atoms with Crippen LogP contribution in [0, 0.1) is 29.1 Å². The van der Waals surface area contributed by atoms with Gasteiger partial charge in [-0.2, -0.15) is 11.3 Å². The van der Waals surface area contributed by atoms with E-state index in [1.807, 2.05) is 22.1 Å². The van der Waals surface area contributed by atoms with Crippen molar-refractivity contribution in [1.29, 1.82) is 5.41 Å². The van der Waals surface area contributed by atoms with Crippen LogP contribution < -0.4 is 10.8 Å². The third-order valence-electron chi connectivity index (χ3n) is 3.34. The van der Waals surface area contributed by atoms with Gasteiger partial charge >= 0.3 is 0 Å². The van der Waals surface area contributed by atoms with Crippen LogP contribution in [0.5, 0.6) is 0 Å². The molecule has 2 rings (SSSR count). The molecule has 2 aromatic rings. The van der Waals surface area contributed by atoms with Crippen LogP contribution in [-0.4, -0.2) is 35.2 Å². The first kappa shape index (κ1) is 20.8. The average Bonchev–Trinajstić information content (AvgIpc) is 3.22. The average molecular weight is 401 g/mol. The largest absolute Gasteiger partial charge is 0.335 e. The number of hydrogen-bond acceptors (Lipinski definition) is 5. The number of thiophene rings is 1. The summed E-state index contributed by atoms with van der Waals surface area (Å²) in [7, 11) is 0. The third-order valence-corrected chi connectivity index (χ3v) is 4.02. The lowest BCUT2D eigenvalue weighted by atomic mass is 10.1. The molecule has 0 saturated carbocycles. The van der Waals surface area contributed by atoms with Crippen LogP contribution in [0.4, 0.5) is 8.78 Å². The quantitative estimate of drug-likeness (QED) is 0.267. The SMILES string of the molecule is N=C(C(F)F)[C@H](NC(=O)c1ccc(C#CC#Cc2ccsc2)cc1)C(=O)NO. The Hall–Kier alpha value is -3.53. The van der Waals surface area contributed by atoms with Crippen molar-refractivity contribution in [2.75, 3.05) is 0 Å². The smallest absolute Gasteiger partial charge is 0.278 e. The molecule has 0 spiro atoms. The van der Waals surface area contributed by atoms with E-state index >= 15 is 0 Å². The van der Waals surface area contributed by atoms with Crippen molar-refractivity contribution in [1.82, 2.24) is 10.8 Å². The lowest BCUT2D eigenvalue weighted by Gasteiger charge is -2.17. The summed E-state index contributed by atoms with van der Waals surface area (Å²) in [5.74, 6) is 8.82. The van der Waals surface area contributed by atoms with Gasteiger partial charge in [0.1, 0.15) is 5.71 Å². The van der Waals surface area contributed by atoms with E-state index in [0.29, 0.717) is 5.56 Å². The van der Waals surface area contributed by atoms with E-state index in [9.17, 15) is 18.4 Å². The van der Waals surface area contributed by atoms with Gasteiger partial charge in [-0.3, -0.25) is 14.8 Å². The second kappa shape index (κ2) is 9.97. The summed E-state index contributed by atoms with van der Waals surface area (Å²) >= 11 is 1.53. The zero-order chi connectivity index (χ0) is 20.5. The molecule has 0 unspecified atom stereocenters. The van der Waals surface area contributed by atoms with E-state index in [0.717, 1.165) is 11.0 Å². The molecule has 0 aliphatic rings. The number of carbonyl (C=O) groups excluding carboxylic acids is 2. The first-order valence-corrected chi connectivity index (χ1v) is 8.62. The zero-order valence-corrected chi connectivity index (χ0v) is 14.9. The Morgan fingerprint density at radius 2 is 1.71 bits per heavy atom. The number of nitrogens with one attached hydrogen (secondary N) is 3. The molecule has 0 aliphatic carbocycles. The van der Waals surface area contributed by atoms with E-state index in [2.05, 4.69) is 23.7 Å². The van der Waals surface area contributed by atoms with Gasteiger partial charge in [0.2, 0.25) is 0 Å². The van der Waals surface area contributed by atoms with E-state index in [4.69, 9.17) is 10.6 Å². The molecule has 6 nitrogen and oxygen atoms in total. The molecular weight excluding hydrogens is 388 g/mol. The molecule has 1 aromatic carbocycles. The molecule has 0 radical (unpaired) electrons. The Kier molecular flexibility index (Phi) is 7.40. The maximum absolute atomic E-state index is 12.7. The summed E-state index contributed by atoms with van der Waals surface area (Å²) in [4.78, 5) is 23.6. The van der Waals surface area contributed by atoms with Crippen LogP contribution in [0.2, 0.25) is 0 Å². The molecule has 1 atom stereocenters. The third kappa shape index (κ3) is 5.74. The summed E-state index contributed by atoms with van der Waals surface area (Å²) < 4.78 is 25.3. The van der Waals surface area contributed by atoms with Gasteiger partial charge in [-0.15, -0.1) is 0 Å². The number of alkyl halides is 2. The first-order valence-electron chi connectivity index (χ1n) is 7.68. The molecule has 0 aliphatic heterocycles. The maximum Gasteiger partial charge on any atom is 0.278 e. The Morgan fingerprint density at radius 1 is 1.07 bits per heavy atom. The molecule has 0 bridgehead atoms. The molecule has 2 amide bonds. The predicted octanol–water partition coefficient (Wildman–Crippen LogP) is 2.04. The molecule has 1 heterocycles. The van der Waals surface area contributed by atoms with Gasteiger partial charge in [0.05, 0.1) is 0 Å². The van der Waals surface area contributed by atoms with Gasteiger partial charge in [-0.05, 0) is 47.6 Å². The standard InChI is InChI=1S/C19H13F2N3O3S/c20-17(21)15(22)16(19(26)24-27)23-18(25)14-7-5-12(6-8-14)3-1-2-4-13-9-10-28-11-13/h5-11,16-17,22,27H,(H,23,25)(H,24,26)/t16-/m0/s1. The Bertz CT molecular complexity index is 981. The van der Waals surface area contributed by atoms with Gasteiger partial charge in [-0.25, -0.2) is 14.3 Å². The number of halogens is 2. The summed E-state index contributed by atoms with van der Waals surface area (Å²) in [5, 5.41) is 21.6. The van der Waals surface area contributed by atoms with E-state index in [1.165, 1.54) is 35.6 Å². The Balaban J connectivity index is 2.06. The number of rotatable bonds is 5. The monoisotopic (exact) mass is 401 g/mol. The summed E-state index contributed by atoms with van der Waals surface area (Å²) in [6.07, 6.45) is -3.27. The van der Waals surface area contributed by atoms with E-state index in [-0.39, 0.29) is 5.56 Å². The lowest BCUT2D eigenvalue weighted by molar-refractivity contribution is -0.129.